The lowest BCUT2D eigenvalue weighted by atomic mass is 10.0. The number of phenolic OH excluding ortho intramolecular Hbond substituents is 1. The molecule has 0 spiro atoms. The minimum absolute atomic E-state index is 0.0288. The van der Waals surface area contributed by atoms with E-state index in [0.717, 1.165) is 32.6 Å². The monoisotopic (exact) mass is 874 g/mol. The summed E-state index contributed by atoms with van der Waals surface area (Å²) in [5.74, 6) is 0.182. The molecule has 0 atom stereocenters. The Balaban J connectivity index is 0.000000215. The zero-order chi connectivity index (χ0) is 40.8. The largest absolute Gasteiger partial charge is 0.505 e. The van der Waals surface area contributed by atoms with Crippen molar-refractivity contribution in [2.24, 2.45) is 0 Å². The molecule has 10 nitrogen and oxygen atoms in total. The normalized spacial score (nSPS) is 11.2. The molecule has 0 radical (unpaired) electrons. The summed E-state index contributed by atoms with van der Waals surface area (Å²) in [5.41, 5.74) is 4.09. The lowest BCUT2D eigenvalue weighted by Crippen LogP contribution is -2.27. The van der Waals surface area contributed by atoms with Crippen LogP contribution in [0.1, 0.15) is 0 Å². The first-order valence-corrected chi connectivity index (χ1v) is 20.7. The molecule has 292 valence electrons. The van der Waals surface area contributed by atoms with Crippen LogP contribution in [0.3, 0.4) is 0 Å². The molecule has 0 saturated carbocycles. The Morgan fingerprint density at radius 2 is 1.07 bits per heavy atom. The molecular formula is C40H34Cl4N2O8S2. The third-order valence-corrected chi connectivity index (χ3v) is 12.4. The van der Waals surface area contributed by atoms with Crippen LogP contribution in [-0.4, -0.2) is 50.3 Å². The number of hydrogen-bond donors (Lipinski definition) is 2. The van der Waals surface area contributed by atoms with Crippen molar-refractivity contribution in [3.8, 4) is 45.3 Å². The van der Waals surface area contributed by atoms with Gasteiger partial charge in [0.15, 0.2) is 11.5 Å². The van der Waals surface area contributed by atoms with Gasteiger partial charge in [0.25, 0.3) is 20.0 Å². The first kappa shape index (κ1) is 42.3. The number of hydrogen-bond acceptors (Lipinski definition) is 8. The van der Waals surface area contributed by atoms with E-state index >= 15 is 0 Å². The van der Waals surface area contributed by atoms with Gasteiger partial charge in [-0.05, 0) is 70.8 Å². The quantitative estimate of drug-likeness (QED) is 0.132. The Bertz CT molecular complexity index is 2580. The molecule has 0 unspecified atom stereocenters. The van der Waals surface area contributed by atoms with Crippen molar-refractivity contribution < 1.29 is 36.2 Å². The molecule has 0 aliphatic heterocycles. The topological polar surface area (TPSA) is 131 Å². The lowest BCUT2D eigenvalue weighted by Gasteiger charge is -2.24. The van der Waals surface area contributed by atoms with Crippen molar-refractivity contribution >= 4 is 77.8 Å². The summed E-state index contributed by atoms with van der Waals surface area (Å²) in [4.78, 5) is -0.556. The number of nitrogens with zero attached hydrogens (tertiary/aromatic N) is 1. The highest BCUT2D eigenvalue weighted by molar-refractivity contribution is 7.93. The van der Waals surface area contributed by atoms with E-state index in [0.29, 0.717) is 17.2 Å². The highest BCUT2D eigenvalue weighted by atomic mass is 35.5. The maximum Gasteiger partial charge on any atom is 0.267 e. The SMILES string of the molecule is COc1ccc(-c2ccccc2)cc1N(C)S(=O)(=O)c1cc(Cl)cc(Cl)c1OC.COc1ccc(-c2ccccc2)cc1NS(=O)(=O)c1cc(Cl)cc(Cl)c1O. The van der Waals surface area contributed by atoms with Gasteiger partial charge in [-0.25, -0.2) is 16.8 Å². The van der Waals surface area contributed by atoms with Crippen LogP contribution in [0.15, 0.2) is 131 Å². The maximum absolute atomic E-state index is 13.4. The zero-order valence-corrected chi connectivity index (χ0v) is 34.8. The number of rotatable bonds is 11. The molecule has 56 heavy (non-hydrogen) atoms. The number of nitrogens with one attached hydrogen (secondary N) is 1. The Hall–Kier alpha value is -4.82. The number of phenols is 1. The molecule has 0 amide bonds. The first-order valence-electron chi connectivity index (χ1n) is 16.3. The average molecular weight is 877 g/mol. The number of benzene rings is 6. The number of methoxy groups -OCH3 is 3. The molecule has 0 saturated heterocycles. The van der Waals surface area contributed by atoms with Gasteiger partial charge in [-0.1, -0.05) is 119 Å². The molecule has 0 heterocycles. The fourth-order valence-electron chi connectivity index (χ4n) is 5.49. The van der Waals surface area contributed by atoms with Crippen LogP contribution in [-0.2, 0) is 20.0 Å². The minimum Gasteiger partial charge on any atom is -0.505 e. The summed E-state index contributed by atoms with van der Waals surface area (Å²) >= 11 is 23.9. The molecular weight excluding hydrogens is 842 g/mol. The highest BCUT2D eigenvalue weighted by Crippen LogP contribution is 2.41. The molecule has 2 N–H and O–H groups in total. The van der Waals surface area contributed by atoms with Gasteiger partial charge in [0.2, 0.25) is 0 Å². The van der Waals surface area contributed by atoms with E-state index in [1.54, 1.807) is 24.3 Å². The standard InChI is InChI=1S/C21H19Cl2NO4S.C19H15Cl2NO4S/c1-24(29(25,26)20-13-16(22)12-17(23)21(20)28-3)18-11-15(9-10-19(18)27-2)14-7-5-4-6-8-14;1-26-17-8-7-13(12-5-3-2-4-6-12)9-16(17)22-27(24,25)18-11-14(20)10-15(21)19(18)23/h4-13H,1-3H3;2-11,22-23H,1H3. The summed E-state index contributed by atoms with van der Waals surface area (Å²) in [6, 6.07) is 34.7. The third-order valence-electron chi connectivity index (χ3n) is 8.28. The van der Waals surface area contributed by atoms with E-state index in [1.165, 1.54) is 46.6 Å². The summed E-state index contributed by atoms with van der Waals surface area (Å²) in [5, 5.41) is 10.3. The number of ether oxygens (including phenoxy) is 3. The van der Waals surface area contributed by atoms with Gasteiger partial charge in [-0.15, -0.1) is 0 Å². The summed E-state index contributed by atoms with van der Waals surface area (Å²) < 4.78 is 71.8. The van der Waals surface area contributed by atoms with E-state index in [1.807, 2.05) is 72.8 Å². The second-order valence-corrected chi connectivity index (χ2v) is 17.0. The van der Waals surface area contributed by atoms with Gasteiger partial charge in [0.1, 0.15) is 21.3 Å². The van der Waals surface area contributed by atoms with Gasteiger partial charge in [-0.2, -0.15) is 0 Å². The van der Waals surface area contributed by atoms with E-state index in [-0.39, 0.29) is 36.4 Å². The van der Waals surface area contributed by atoms with Crippen molar-refractivity contribution in [3.63, 3.8) is 0 Å². The third kappa shape index (κ3) is 9.40. The van der Waals surface area contributed by atoms with Crippen LogP contribution >= 0.6 is 46.4 Å². The molecule has 0 aliphatic rings. The van der Waals surface area contributed by atoms with Crippen LogP contribution in [0.2, 0.25) is 20.1 Å². The van der Waals surface area contributed by atoms with E-state index in [9.17, 15) is 21.9 Å². The molecule has 0 bridgehead atoms. The Labute approximate surface area is 345 Å². The van der Waals surface area contributed by atoms with Crippen LogP contribution in [0.4, 0.5) is 11.4 Å². The summed E-state index contributed by atoms with van der Waals surface area (Å²) in [6.07, 6.45) is 0. The van der Waals surface area contributed by atoms with Crippen molar-refractivity contribution in [2.75, 3.05) is 37.4 Å². The smallest absolute Gasteiger partial charge is 0.267 e. The number of sulfonamides is 2. The van der Waals surface area contributed by atoms with Gasteiger partial charge in [-0.3, -0.25) is 9.03 Å². The zero-order valence-electron chi connectivity index (χ0n) is 30.1. The Kier molecular flexibility index (Phi) is 13.6. The molecule has 6 rings (SSSR count). The number of halogens is 4. The summed E-state index contributed by atoms with van der Waals surface area (Å²) in [6.45, 7) is 0. The Morgan fingerprint density at radius 3 is 1.61 bits per heavy atom. The molecule has 6 aromatic rings. The van der Waals surface area contributed by atoms with Crippen molar-refractivity contribution in [3.05, 3.63) is 141 Å². The van der Waals surface area contributed by atoms with Gasteiger partial charge in [0.05, 0.1) is 42.7 Å². The summed E-state index contributed by atoms with van der Waals surface area (Å²) in [7, 11) is -2.51. The fraction of sp³-hybridized carbons (Fsp3) is 0.100. The fourth-order valence-corrected chi connectivity index (χ4v) is 9.41. The Morgan fingerprint density at radius 1 is 0.571 bits per heavy atom. The van der Waals surface area contributed by atoms with Gasteiger partial charge < -0.3 is 19.3 Å². The predicted octanol–water partition coefficient (Wildman–Crippen LogP) is 10.7. The van der Waals surface area contributed by atoms with Gasteiger partial charge in [0, 0.05) is 17.1 Å². The second-order valence-electron chi connectivity index (χ2n) is 11.8. The minimum atomic E-state index is -4.17. The van der Waals surface area contributed by atoms with E-state index in [4.69, 9.17) is 60.6 Å². The molecule has 0 aromatic heterocycles. The lowest BCUT2D eigenvalue weighted by molar-refractivity contribution is 0.402. The maximum atomic E-state index is 13.4. The number of aromatic hydroxyl groups is 1. The van der Waals surface area contributed by atoms with Gasteiger partial charge >= 0.3 is 0 Å². The van der Waals surface area contributed by atoms with Crippen LogP contribution in [0.25, 0.3) is 22.3 Å². The number of anilines is 2. The van der Waals surface area contributed by atoms with Crippen LogP contribution in [0, 0.1) is 0 Å². The van der Waals surface area contributed by atoms with Crippen molar-refractivity contribution in [1.29, 1.82) is 0 Å². The van der Waals surface area contributed by atoms with Crippen molar-refractivity contribution in [2.45, 2.75) is 9.79 Å². The average Bonchev–Trinajstić information content (AvgIpc) is 3.19. The van der Waals surface area contributed by atoms with Crippen LogP contribution < -0.4 is 23.2 Å². The predicted molar refractivity (Wildman–Crippen MR) is 224 cm³/mol. The van der Waals surface area contributed by atoms with E-state index in [2.05, 4.69) is 4.72 Å². The second kappa shape index (κ2) is 18.0. The molecule has 0 fully saturated rings. The molecule has 0 aliphatic carbocycles. The van der Waals surface area contributed by atoms with Crippen molar-refractivity contribution in [1.82, 2.24) is 0 Å². The molecule has 6 aromatic carbocycles. The van der Waals surface area contributed by atoms with Crippen LogP contribution in [0.5, 0.6) is 23.0 Å². The van der Waals surface area contributed by atoms with E-state index < -0.39 is 30.7 Å². The molecule has 16 heteroatoms. The first-order chi connectivity index (χ1) is 26.6. The highest BCUT2D eigenvalue weighted by Gasteiger charge is 2.30.